The van der Waals surface area contributed by atoms with Crippen molar-refractivity contribution >= 4 is 0 Å². The Hall–Kier alpha value is -0.520. The zero-order chi connectivity index (χ0) is 22.8. The van der Waals surface area contributed by atoms with E-state index in [4.69, 9.17) is 18.9 Å². The van der Waals surface area contributed by atoms with E-state index < -0.39 is 92.9 Å². The summed E-state index contributed by atoms with van der Waals surface area (Å²) in [6.07, 6.45) is -16.9. The molecule has 0 aromatic heterocycles. The van der Waals surface area contributed by atoms with Gasteiger partial charge in [0.25, 0.3) is 0 Å². The first-order chi connectivity index (χ1) is 13.9. The van der Waals surface area contributed by atoms with E-state index >= 15 is 0 Å². The van der Waals surface area contributed by atoms with Gasteiger partial charge in [-0.1, -0.05) is 0 Å². The van der Waals surface area contributed by atoms with Gasteiger partial charge in [-0.2, -0.15) is 0 Å². The molecule has 2 heterocycles. The summed E-state index contributed by atoms with van der Waals surface area (Å²) in [4.78, 5) is 0. The summed E-state index contributed by atoms with van der Waals surface area (Å²) in [5.74, 6) is 0. The predicted octanol–water partition coefficient (Wildman–Crippen LogP) is -5.24. The van der Waals surface area contributed by atoms with E-state index in [-0.39, 0.29) is 0 Å². The van der Waals surface area contributed by atoms with Crippen molar-refractivity contribution in [2.24, 2.45) is 0 Å². The largest absolute Gasteiger partial charge is 0.394 e. The monoisotopic (exact) mass is 444 g/mol. The zero-order valence-corrected chi connectivity index (χ0v) is 16.6. The minimum atomic E-state index is -1.76. The van der Waals surface area contributed by atoms with Crippen LogP contribution in [0.4, 0.5) is 0 Å². The van der Waals surface area contributed by atoms with Crippen LogP contribution in [-0.2, 0) is 18.9 Å². The Morgan fingerprint density at radius 3 is 1.80 bits per heavy atom. The van der Waals surface area contributed by atoms with Crippen molar-refractivity contribution in [2.75, 3.05) is 19.8 Å². The molecule has 0 aromatic rings. The Labute approximate surface area is 172 Å². The first-order valence-electron chi connectivity index (χ1n) is 9.52. The van der Waals surface area contributed by atoms with Gasteiger partial charge in [-0.15, -0.1) is 0 Å². The summed E-state index contributed by atoms with van der Waals surface area (Å²) >= 11 is 0. The summed E-state index contributed by atoms with van der Waals surface area (Å²) in [6.45, 7) is 0.882. The zero-order valence-electron chi connectivity index (χ0n) is 16.6. The highest BCUT2D eigenvalue weighted by Gasteiger charge is 2.50. The van der Waals surface area contributed by atoms with E-state index in [9.17, 15) is 46.0 Å². The van der Waals surface area contributed by atoms with Crippen LogP contribution in [0.3, 0.4) is 0 Å². The molecule has 9 N–H and O–H groups in total. The fraction of sp³-hybridized carbons (Fsp3) is 1.00. The second-order valence-electron chi connectivity index (χ2n) is 8.01. The maximum absolute atomic E-state index is 10.4. The normalized spacial score (nSPS) is 44.1. The van der Waals surface area contributed by atoms with Crippen molar-refractivity contribution in [3.8, 4) is 0 Å². The number of hydrogen-bond acceptors (Lipinski definition) is 13. The molecule has 178 valence electrons. The van der Waals surface area contributed by atoms with Gasteiger partial charge < -0.3 is 64.9 Å². The smallest absolute Gasteiger partial charge is 0.189 e. The number of ether oxygens (including phenoxy) is 4. The molecule has 2 aliphatic heterocycles. The molecule has 0 unspecified atom stereocenters. The number of rotatable bonds is 8. The van der Waals surface area contributed by atoms with Crippen LogP contribution in [0.1, 0.15) is 13.8 Å². The van der Waals surface area contributed by atoms with Gasteiger partial charge in [0.2, 0.25) is 0 Å². The quantitative estimate of drug-likeness (QED) is 0.171. The van der Waals surface area contributed by atoms with Crippen molar-refractivity contribution in [2.45, 2.75) is 87.0 Å². The third-order valence-corrected chi connectivity index (χ3v) is 5.20. The van der Waals surface area contributed by atoms with Crippen LogP contribution in [0.2, 0.25) is 0 Å². The molecule has 0 spiro atoms. The van der Waals surface area contributed by atoms with Gasteiger partial charge in [0, 0.05) is 0 Å². The maximum Gasteiger partial charge on any atom is 0.189 e. The second kappa shape index (κ2) is 10.4. The van der Waals surface area contributed by atoms with Gasteiger partial charge in [0.1, 0.15) is 54.9 Å². The van der Waals surface area contributed by atoms with E-state index in [0.29, 0.717) is 0 Å². The molecule has 13 nitrogen and oxygen atoms in total. The molecule has 0 bridgehead atoms. The molecule has 0 radical (unpaired) electrons. The summed E-state index contributed by atoms with van der Waals surface area (Å²) in [5.41, 5.74) is -1.50. The molecule has 0 aliphatic carbocycles. The molecule has 2 aliphatic rings. The molecule has 13 heteroatoms. The standard InChI is InChI=1S/C17H32O13/c1-17(2,26)8(20)5-27-14-7(4-19)29-16(13(25)11(14)23)30-15-12(24)10(22)9(21)6(3-18)28-15/h6-16,18-26H,3-5H2,1-2H3/t6-,7-,8-,9-,10+,11-,12-,13-,14-,15-,16-/m1/s1. The summed E-state index contributed by atoms with van der Waals surface area (Å²) in [7, 11) is 0. The molecule has 0 saturated carbocycles. The highest BCUT2D eigenvalue weighted by molar-refractivity contribution is 4.93. The lowest BCUT2D eigenvalue weighted by Crippen LogP contribution is -2.64. The highest BCUT2D eigenvalue weighted by Crippen LogP contribution is 2.29. The van der Waals surface area contributed by atoms with E-state index in [1.54, 1.807) is 0 Å². The van der Waals surface area contributed by atoms with Crippen LogP contribution in [0, 0.1) is 0 Å². The SMILES string of the molecule is CC(C)(O)[C@H](O)CO[C@H]1[C@H](O)[C@@H](O)[C@@H](O[C@H]2O[C@H](CO)[C@@H](O)[C@H](O)[C@H]2O)O[C@@H]1CO. The fourth-order valence-electron chi connectivity index (χ4n) is 3.09. The van der Waals surface area contributed by atoms with Crippen molar-refractivity contribution in [1.82, 2.24) is 0 Å². The third kappa shape index (κ3) is 5.63. The summed E-state index contributed by atoms with van der Waals surface area (Å²) in [5, 5.41) is 88.8. The molecule has 2 fully saturated rings. The molecule has 2 rings (SSSR count). The highest BCUT2D eigenvalue weighted by atomic mass is 16.8. The molecule has 2 saturated heterocycles. The molecule has 30 heavy (non-hydrogen) atoms. The Kier molecular flexibility index (Phi) is 8.92. The number of hydrogen-bond donors (Lipinski definition) is 9. The Morgan fingerprint density at radius 2 is 1.30 bits per heavy atom. The van der Waals surface area contributed by atoms with Gasteiger partial charge in [0.05, 0.1) is 25.4 Å². The molecular weight excluding hydrogens is 412 g/mol. The fourth-order valence-corrected chi connectivity index (χ4v) is 3.09. The van der Waals surface area contributed by atoms with Gasteiger partial charge in [-0.25, -0.2) is 0 Å². The van der Waals surface area contributed by atoms with Crippen LogP contribution < -0.4 is 0 Å². The number of aliphatic hydroxyl groups is 9. The molecular formula is C17H32O13. The van der Waals surface area contributed by atoms with Crippen molar-refractivity contribution in [3.05, 3.63) is 0 Å². The average Bonchev–Trinajstić information content (AvgIpc) is 2.69. The van der Waals surface area contributed by atoms with Crippen LogP contribution in [0.15, 0.2) is 0 Å². The van der Waals surface area contributed by atoms with Crippen LogP contribution in [0.25, 0.3) is 0 Å². The second-order valence-corrected chi connectivity index (χ2v) is 8.01. The summed E-state index contributed by atoms with van der Waals surface area (Å²) in [6, 6.07) is 0. The minimum Gasteiger partial charge on any atom is -0.394 e. The van der Waals surface area contributed by atoms with Crippen molar-refractivity contribution in [1.29, 1.82) is 0 Å². The van der Waals surface area contributed by atoms with E-state index in [0.717, 1.165) is 0 Å². The lowest BCUT2D eigenvalue weighted by atomic mass is 9.97. The van der Waals surface area contributed by atoms with Crippen LogP contribution >= 0.6 is 0 Å². The van der Waals surface area contributed by atoms with E-state index in [2.05, 4.69) is 0 Å². The topological polar surface area (TPSA) is 219 Å². The van der Waals surface area contributed by atoms with Crippen molar-refractivity contribution in [3.63, 3.8) is 0 Å². The lowest BCUT2D eigenvalue weighted by Gasteiger charge is -2.45. The van der Waals surface area contributed by atoms with Gasteiger partial charge in [0.15, 0.2) is 12.6 Å². The Balaban J connectivity index is 2.05. The number of aliphatic hydroxyl groups excluding tert-OH is 8. The first kappa shape index (κ1) is 25.7. The van der Waals surface area contributed by atoms with Gasteiger partial charge in [-0.3, -0.25) is 0 Å². The molecule has 0 aromatic carbocycles. The Bertz CT molecular complexity index is 524. The Morgan fingerprint density at radius 1 is 0.800 bits per heavy atom. The van der Waals surface area contributed by atoms with Crippen LogP contribution in [0.5, 0.6) is 0 Å². The van der Waals surface area contributed by atoms with Gasteiger partial charge in [-0.05, 0) is 13.8 Å². The van der Waals surface area contributed by atoms with E-state index in [1.165, 1.54) is 13.8 Å². The third-order valence-electron chi connectivity index (χ3n) is 5.20. The van der Waals surface area contributed by atoms with E-state index in [1.807, 2.05) is 0 Å². The average molecular weight is 444 g/mol. The minimum absolute atomic E-state index is 0.434. The first-order valence-corrected chi connectivity index (χ1v) is 9.52. The van der Waals surface area contributed by atoms with Crippen LogP contribution in [-0.4, -0.2) is 139 Å². The predicted molar refractivity (Wildman–Crippen MR) is 94.7 cm³/mol. The lowest BCUT2D eigenvalue weighted by molar-refractivity contribution is -0.379. The molecule has 11 atom stereocenters. The van der Waals surface area contributed by atoms with Crippen molar-refractivity contribution < 1.29 is 64.9 Å². The maximum atomic E-state index is 10.4. The molecule has 0 amide bonds. The summed E-state index contributed by atoms with van der Waals surface area (Å²) < 4.78 is 21.2. The van der Waals surface area contributed by atoms with Gasteiger partial charge >= 0.3 is 0 Å².